The maximum atomic E-state index is 4.55. The Balaban J connectivity index is 2.13. The maximum absolute atomic E-state index is 4.55. The number of H-pyrrole nitrogens is 1. The van der Waals surface area contributed by atoms with E-state index in [-0.39, 0.29) is 0 Å². The smallest absolute Gasteiger partial charge is 0.164 e. The Morgan fingerprint density at radius 1 is 1.15 bits per heavy atom. The Morgan fingerprint density at radius 2 is 2.05 bits per heavy atom. The average Bonchev–Trinajstić information content (AvgIpc) is 2.96. The Labute approximate surface area is 114 Å². The van der Waals surface area contributed by atoms with Gasteiger partial charge in [-0.25, -0.2) is 15.0 Å². The van der Waals surface area contributed by atoms with Crippen LogP contribution in [-0.4, -0.2) is 29.5 Å². The summed E-state index contributed by atoms with van der Waals surface area (Å²) < 4.78 is 1.99. The number of aromatic nitrogens is 6. The van der Waals surface area contributed by atoms with Gasteiger partial charge in [-0.2, -0.15) is 0 Å². The molecule has 4 heterocycles. The van der Waals surface area contributed by atoms with Crippen LogP contribution in [-0.2, 0) is 0 Å². The van der Waals surface area contributed by atoms with Gasteiger partial charge in [-0.05, 0) is 26.0 Å². The van der Waals surface area contributed by atoms with E-state index in [4.69, 9.17) is 0 Å². The number of aryl methyl sites for hydroxylation is 2. The first-order chi connectivity index (χ1) is 9.74. The zero-order valence-corrected chi connectivity index (χ0v) is 11.1. The molecule has 20 heavy (non-hydrogen) atoms. The number of rotatable bonds is 1. The minimum atomic E-state index is 0.819. The van der Waals surface area contributed by atoms with Gasteiger partial charge in [0.15, 0.2) is 5.65 Å². The number of hydrogen-bond donors (Lipinski definition) is 1. The first-order valence-corrected chi connectivity index (χ1v) is 6.35. The minimum absolute atomic E-state index is 0.819. The van der Waals surface area contributed by atoms with E-state index in [0.29, 0.717) is 0 Å². The van der Waals surface area contributed by atoms with Crippen LogP contribution in [0.3, 0.4) is 0 Å². The van der Waals surface area contributed by atoms with E-state index in [9.17, 15) is 0 Å². The molecule has 6 heteroatoms. The molecule has 1 N–H and O–H groups in total. The third-order valence-electron chi connectivity index (χ3n) is 3.32. The molecular weight excluding hydrogens is 252 g/mol. The number of nitrogens with one attached hydrogen (secondary N) is 1. The van der Waals surface area contributed by atoms with Crippen molar-refractivity contribution in [3.8, 4) is 5.69 Å². The SMILES string of the molecule is Cc1nc2c(-n3c(C)nc4cccnc43)cncc2[nH]1. The molecule has 0 aliphatic heterocycles. The van der Waals surface area contributed by atoms with Gasteiger partial charge in [0.2, 0.25) is 0 Å². The summed E-state index contributed by atoms with van der Waals surface area (Å²) >= 11 is 0. The van der Waals surface area contributed by atoms with E-state index in [1.54, 1.807) is 18.6 Å². The van der Waals surface area contributed by atoms with Crippen molar-refractivity contribution in [2.45, 2.75) is 13.8 Å². The Kier molecular flexibility index (Phi) is 2.14. The van der Waals surface area contributed by atoms with Gasteiger partial charge < -0.3 is 4.98 Å². The lowest BCUT2D eigenvalue weighted by molar-refractivity contribution is 0.983. The minimum Gasteiger partial charge on any atom is -0.341 e. The van der Waals surface area contributed by atoms with Crippen LogP contribution >= 0.6 is 0 Å². The molecule has 0 atom stereocenters. The summed E-state index contributed by atoms with van der Waals surface area (Å²) in [5, 5.41) is 0. The Bertz CT molecular complexity index is 933. The van der Waals surface area contributed by atoms with E-state index in [2.05, 4.69) is 24.9 Å². The van der Waals surface area contributed by atoms with Crippen molar-refractivity contribution in [2.24, 2.45) is 0 Å². The molecule has 0 saturated carbocycles. The van der Waals surface area contributed by atoms with Crippen molar-refractivity contribution in [2.75, 3.05) is 0 Å². The lowest BCUT2D eigenvalue weighted by atomic mass is 10.3. The van der Waals surface area contributed by atoms with Crippen molar-refractivity contribution in [3.05, 3.63) is 42.4 Å². The van der Waals surface area contributed by atoms with Crippen molar-refractivity contribution in [1.29, 1.82) is 0 Å². The highest BCUT2D eigenvalue weighted by Gasteiger charge is 2.14. The molecule has 0 radical (unpaired) electrons. The molecule has 4 aromatic rings. The van der Waals surface area contributed by atoms with Gasteiger partial charge >= 0.3 is 0 Å². The largest absolute Gasteiger partial charge is 0.341 e. The van der Waals surface area contributed by atoms with Crippen LogP contribution in [0.4, 0.5) is 0 Å². The van der Waals surface area contributed by atoms with Crippen LogP contribution in [0.25, 0.3) is 27.9 Å². The summed E-state index contributed by atoms with van der Waals surface area (Å²) in [7, 11) is 0. The van der Waals surface area contributed by atoms with Crippen LogP contribution in [0.2, 0.25) is 0 Å². The number of pyridine rings is 2. The van der Waals surface area contributed by atoms with Crippen molar-refractivity contribution >= 4 is 22.2 Å². The highest BCUT2D eigenvalue weighted by molar-refractivity contribution is 5.86. The normalized spacial score (nSPS) is 11.5. The monoisotopic (exact) mass is 264 g/mol. The summed E-state index contributed by atoms with van der Waals surface area (Å²) in [6.45, 7) is 3.89. The third kappa shape index (κ3) is 1.45. The van der Waals surface area contributed by atoms with E-state index >= 15 is 0 Å². The molecule has 4 aromatic heterocycles. The second kappa shape index (κ2) is 3.86. The molecule has 98 valence electrons. The molecule has 0 bridgehead atoms. The van der Waals surface area contributed by atoms with Crippen molar-refractivity contribution in [1.82, 2.24) is 29.5 Å². The number of aromatic amines is 1. The van der Waals surface area contributed by atoms with Crippen LogP contribution in [0.5, 0.6) is 0 Å². The second-order valence-corrected chi connectivity index (χ2v) is 4.72. The lowest BCUT2D eigenvalue weighted by Crippen LogP contribution is -2.00. The van der Waals surface area contributed by atoms with E-state index < -0.39 is 0 Å². The molecule has 0 aromatic carbocycles. The van der Waals surface area contributed by atoms with E-state index in [0.717, 1.165) is 39.5 Å². The summed E-state index contributed by atoms with van der Waals surface area (Å²) in [5.41, 5.74) is 4.38. The van der Waals surface area contributed by atoms with Crippen molar-refractivity contribution in [3.63, 3.8) is 0 Å². The van der Waals surface area contributed by atoms with Crippen LogP contribution in [0.15, 0.2) is 30.7 Å². The van der Waals surface area contributed by atoms with Crippen molar-refractivity contribution < 1.29 is 0 Å². The molecule has 0 fully saturated rings. The number of fused-ring (bicyclic) bond motifs is 2. The van der Waals surface area contributed by atoms with Gasteiger partial charge in [0, 0.05) is 6.20 Å². The molecule has 0 saturated heterocycles. The quantitative estimate of drug-likeness (QED) is 0.572. The summed E-state index contributed by atoms with van der Waals surface area (Å²) in [6, 6.07) is 3.84. The first-order valence-electron chi connectivity index (χ1n) is 6.35. The third-order valence-corrected chi connectivity index (χ3v) is 3.32. The van der Waals surface area contributed by atoms with Gasteiger partial charge in [-0.15, -0.1) is 0 Å². The fourth-order valence-electron chi connectivity index (χ4n) is 2.52. The van der Waals surface area contributed by atoms with Crippen LogP contribution < -0.4 is 0 Å². The number of imidazole rings is 2. The van der Waals surface area contributed by atoms with Gasteiger partial charge in [0.05, 0.1) is 23.6 Å². The summed E-state index contributed by atoms with van der Waals surface area (Å²) in [6.07, 6.45) is 5.34. The van der Waals surface area contributed by atoms with Gasteiger partial charge in [0.1, 0.15) is 22.7 Å². The number of nitrogens with zero attached hydrogens (tertiary/aromatic N) is 5. The highest BCUT2D eigenvalue weighted by Crippen LogP contribution is 2.24. The van der Waals surface area contributed by atoms with Gasteiger partial charge in [-0.3, -0.25) is 9.55 Å². The molecule has 0 amide bonds. The molecular formula is C14H12N6. The van der Waals surface area contributed by atoms with Crippen LogP contribution in [0, 0.1) is 13.8 Å². The Morgan fingerprint density at radius 3 is 2.95 bits per heavy atom. The fourth-order valence-corrected chi connectivity index (χ4v) is 2.52. The maximum Gasteiger partial charge on any atom is 0.164 e. The standard InChI is InChI=1S/C14H12N6/c1-8-17-11-6-15-7-12(13(11)18-8)20-9(2)19-10-4-3-5-16-14(10)20/h3-7H,1-2H3,(H,17,18). The Hall–Kier alpha value is -2.76. The molecule has 0 aliphatic carbocycles. The molecule has 4 rings (SSSR count). The predicted molar refractivity (Wildman–Crippen MR) is 75.8 cm³/mol. The molecule has 0 spiro atoms. The highest BCUT2D eigenvalue weighted by atomic mass is 15.1. The second-order valence-electron chi connectivity index (χ2n) is 4.72. The zero-order chi connectivity index (χ0) is 13.7. The van der Waals surface area contributed by atoms with E-state index in [1.165, 1.54) is 0 Å². The topological polar surface area (TPSA) is 72.3 Å². The zero-order valence-electron chi connectivity index (χ0n) is 11.1. The van der Waals surface area contributed by atoms with E-state index in [1.807, 2.05) is 30.5 Å². The fraction of sp³-hybridized carbons (Fsp3) is 0.143. The van der Waals surface area contributed by atoms with Gasteiger partial charge in [0.25, 0.3) is 0 Å². The summed E-state index contributed by atoms with van der Waals surface area (Å²) in [5.74, 6) is 1.73. The first kappa shape index (κ1) is 11.1. The molecule has 0 aliphatic rings. The summed E-state index contributed by atoms with van der Waals surface area (Å²) in [4.78, 5) is 21.0. The number of hydrogen-bond acceptors (Lipinski definition) is 4. The molecule has 0 unspecified atom stereocenters. The predicted octanol–water partition coefficient (Wildman–Crippen LogP) is 2.31. The lowest BCUT2D eigenvalue weighted by Gasteiger charge is -2.06. The van der Waals surface area contributed by atoms with Crippen LogP contribution in [0.1, 0.15) is 11.6 Å². The average molecular weight is 264 g/mol. The van der Waals surface area contributed by atoms with Gasteiger partial charge in [-0.1, -0.05) is 0 Å². The molecule has 6 nitrogen and oxygen atoms in total.